The molecule has 6 nitrogen and oxygen atoms in total. The van der Waals surface area contributed by atoms with Crippen LogP contribution in [0.25, 0.3) is 0 Å². The molecule has 1 aromatic rings. The zero-order valence-electron chi connectivity index (χ0n) is 14.3. The standard InChI is InChI=1S/C16H23F2N3O3S/c1-16(2)10-21(8-6-14(16)19)15(22)5-7-20-25(23,24)11-3-4-12(17)13(18)9-11/h3-4,9,14,20H,5-8,10,19H2,1-2H3. The Kier molecular flexibility index (Phi) is 5.80. The van der Waals surface area contributed by atoms with E-state index in [4.69, 9.17) is 5.73 Å². The van der Waals surface area contributed by atoms with Crippen molar-refractivity contribution in [3.63, 3.8) is 0 Å². The fourth-order valence-electron chi connectivity index (χ4n) is 2.76. The summed E-state index contributed by atoms with van der Waals surface area (Å²) in [5.41, 5.74) is 5.84. The van der Waals surface area contributed by atoms with Crippen LogP contribution < -0.4 is 10.5 Å². The van der Waals surface area contributed by atoms with Gasteiger partial charge in [0.25, 0.3) is 0 Å². The van der Waals surface area contributed by atoms with Crippen molar-refractivity contribution in [3.05, 3.63) is 29.8 Å². The number of sulfonamides is 1. The molecule has 1 aliphatic heterocycles. The highest BCUT2D eigenvalue weighted by Crippen LogP contribution is 2.27. The van der Waals surface area contributed by atoms with Crippen LogP contribution in [-0.2, 0) is 14.8 Å². The Balaban J connectivity index is 1.91. The maximum Gasteiger partial charge on any atom is 0.240 e. The molecule has 1 fully saturated rings. The van der Waals surface area contributed by atoms with Crippen LogP contribution in [0.1, 0.15) is 26.7 Å². The van der Waals surface area contributed by atoms with Crippen molar-refractivity contribution < 1.29 is 22.0 Å². The van der Waals surface area contributed by atoms with Crippen LogP contribution in [0.15, 0.2) is 23.1 Å². The summed E-state index contributed by atoms with van der Waals surface area (Å²) >= 11 is 0. The van der Waals surface area contributed by atoms with E-state index in [0.29, 0.717) is 25.6 Å². The van der Waals surface area contributed by atoms with Gasteiger partial charge in [-0.25, -0.2) is 21.9 Å². The van der Waals surface area contributed by atoms with Crippen molar-refractivity contribution in [2.75, 3.05) is 19.6 Å². The van der Waals surface area contributed by atoms with E-state index in [0.717, 1.165) is 12.1 Å². The van der Waals surface area contributed by atoms with E-state index in [1.54, 1.807) is 4.90 Å². The van der Waals surface area contributed by atoms with E-state index in [9.17, 15) is 22.0 Å². The molecule has 1 aliphatic rings. The molecule has 0 bridgehead atoms. The maximum absolute atomic E-state index is 13.2. The number of rotatable bonds is 5. The number of halogens is 2. The van der Waals surface area contributed by atoms with E-state index in [2.05, 4.69) is 4.72 Å². The summed E-state index contributed by atoms with van der Waals surface area (Å²) in [5, 5.41) is 0. The van der Waals surface area contributed by atoms with Gasteiger partial charge in [0.2, 0.25) is 15.9 Å². The second-order valence-corrected chi connectivity index (χ2v) is 8.69. The van der Waals surface area contributed by atoms with Gasteiger partial charge in [-0.15, -0.1) is 0 Å². The van der Waals surface area contributed by atoms with Crippen molar-refractivity contribution in [1.82, 2.24) is 9.62 Å². The minimum Gasteiger partial charge on any atom is -0.342 e. The van der Waals surface area contributed by atoms with Gasteiger partial charge in [-0.05, 0) is 30.0 Å². The summed E-state index contributed by atoms with van der Waals surface area (Å²) in [6.45, 7) is 4.91. The first-order chi connectivity index (χ1) is 11.5. The second-order valence-electron chi connectivity index (χ2n) is 6.92. The number of nitrogens with one attached hydrogen (secondary N) is 1. The molecule has 0 aliphatic carbocycles. The monoisotopic (exact) mass is 375 g/mol. The number of likely N-dealkylation sites (tertiary alicyclic amines) is 1. The summed E-state index contributed by atoms with van der Waals surface area (Å²) < 4.78 is 52.4. The van der Waals surface area contributed by atoms with Crippen LogP contribution in [0.2, 0.25) is 0 Å². The molecule has 1 atom stereocenters. The number of amides is 1. The highest BCUT2D eigenvalue weighted by atomic mass is 32.2. The Morgan fingerprint density at radius 3 is 2.64 bits per heavy atom. The lowest BCUT2D eigenvalue weighted by Gasteiger charge is -2.42. The summed E-state index contributed by atoms with van der Waals surface area (Å²) in [4.78, 5) is 13.5. The quantitative estimate of drug-likeness (QED) is 0.809. The van der Waals surface area contributed by atoms with Gasteiger partial charge in [-0.3, -0.25) is 4.79 Å². The molecule has 0 radical (unpaired) electrons. The SMILES string of the molecule is CC1(C)CN(C(=O)CCNS(=O)(=O)c2ccc(F)c(F)c2)CCC1N. The van der Waals surface area contributed by atoms with E-state index in [1.165, 1.54) is 0 Å². The first kappa shape index (κ1) is 19.7. The van der Waals surface area contributed by atoms with Crippen LogP contribution in [-0.4, -0.2) is 44.9 Å². The minimum atomic E-state index is -4.00. The second kappa shape index (κ2) is 7.35. The molecule has 1 aromatic carbocycles. The van der Waals surface area contributed by atoms with E-state index < -0.39 is 21.7 Å². The van der Waals surface area contributed by atoms with Gasteiger partial charge in [0.15, 0.2) is 11.6 Å². The van der Waals surface area contributed by atoms with Gasteiger partial charge < -0.3 is 10.6 Å². The third kappa shape index (κ3) is 4.74. The highest BCUT2D eigenvalue weighted by molar-refractivity contribution is 7.89. The van der Waals surface area contributed by atoms with E-state index >= 15 is 0 Å². The predicted octanol–water partition coefficient (Wildman–Crippen LogP) is 1.22. The Labute approximate surface area is 146 Å². The van der Waals surface area contributed by atoms with Crippen molar-refractivity contribution >= 4 is 15.9 Å². The third-order valence-electron chi connectivity index (χ3n) is 4.50. The zero-order valence-corrected chi connectivity index (χ0v) is 15.1. The molecule has 2 rings (SSSR count). The normalized spacial score (nSPS) is 20.5. The topological polar surface area (TPSA) is 92.5 Å². The lowest BCUT2D eigenvalue weighted by atomic mass is 9.79. The Bertz CT molecular complexity index is 753. The third-order valence-corrected chi connectivity index (χ3v) is 5.96. The van der Waals surface area contributed by atoms with Crippen LogP contribution in [0, 0.1) is 17.0 Å². The number of benzene rings is 1. The summed E-state index contributed by atoms with van der Waals surface area (Å²) in [6.07, 6.45) is 0.674. The number of nitrogens with two attached hydrogens (primary N) is 1. The lowest BCUT2D eigenvalue weighted by molar-refractivity contribution is -0.134. The van der Waals surface area contributed by atoms with Crippen molar-refractivity contribution in [1.29, 1.82) is 0 Å². The van der Waals surface area contributed by atoms with Gasteiger partial charge in [0, 0.05) is 32.1 Å². The van der Waals surface area contributed by atoms with Crippen molar-refractivity contribution in [2.45, 2.75) is 37.6 Å². The molecular weight excluding hydrogens is 352 g/mol. The lowest BCUT2D eigenvalue weighted by Crippen LogP contribution is -2.54. The molecule has 1 heterocycles. The molecule has 0 aromatic heterocycles. The van der Waals surface area contributed by atoms with Gasteiger partial charge in [0.05, 0.1) is 4.90 Å². The maximum atomic E-state index is 13.2. The molecule has 3 N–H and O–H groups in total. The fraction of sp³-hybridized carbons (Fsp3) is 0.562. The molecule has 1 unspecified atom stereocenters. The molecule has 9 heteroatoms. The predicted molar refractivity (Wildman–Crippen MR) is 89.1 cm³/mol. The van der Waals surface area contributed by atoms with Gasteiger partial charge in [-0.2, -0.15) is 0 Å². The average molecular weight is 375 g/mol. The number of carbonyl (C=O) groups excluding carboxylic acids is 1. The molecule has 1 saturated heterocycles. The van der Waals surface area contributed by atoms with Crippen molar-refractivity contribution in [2.24, 2.45) is 11.1 Å². The van der Waals surface area contributed by atoms with Crippen LogP contribution >= 0.6 is 0 Å². The molecule has 0 saturated carbocycles. The van der Waals surface area contributed by atoms with Crippen LogP contribution in [0.4, 0.5) is 8.78 Å². The number of carbonyl (C=O) groups is 1. The van der Waals surface area contributed by atoms with Crippen molar-refractivity contribution in [3.8, 4) is 0 Å². The van der Waals surface area contributed by atoms with Crippen LogP contribution in [0.3, 0.4) is 0 Å². The summed E-state index contributed by atoms with van der Waals surface area (Å²) in [6, 6.07) is 2.34. The number of hydrogen-bond acceptors (Lipinski definition) is 4. The molecule has 0 spiro atoms. The Hall–Kier alpha value is -1.58. The number of hydrogen-bond donors (Lipinski definition) is 2. The molecule has 140 valence electrons. The van der Waals surface area contributed by atoms with Gasteiger partial charge in [0.1, 0.15) is 0 Å². The summed E-state index contributed by atoms with van der Waals surface area (Å²) in [7, 11) is -4.00. The van der Waals surface area contributed by atoms with Gasteiger partial charge in [-0.1, -0.05) is 13.8 Å². The van der Waals surface area contributed by atoms with Crippen LogP contribution in [0.5, 0.6) is 0 Å². The molecule has 1 amide bonds. The molecule has 25 heavy (non-hydrogen) atoms. The van der Waals surface area contributed by atoms with E-state index in [1.807, 2.05) is 13.8 Å². The first-order valence-corrected chi connectivity index (χ1v) is 9.49. The zero-order chi connectivity index (χ0) is 18.8. The number of nitrogens with zero attached hydrogens (tertiary/aromatic N) is 1. The van der Waals surface area contributed by atoms with E-state index in [-0.39, 0.29) is 35.2 Å². The Morgan fingerprint density at radius 2 is 2.04 bits per heavy atom. The minimum absolute atomic E-state index is 0.0171. The smallest absolute Gasteiger partial charge is 0.240 e. The molecular formula is C16H23F2N3O3S. The average Bonchev–Trinajstić information content (AvgIpc) is 2.52. The van der Waals surface area contributed by atoms with Gasteiger partial charge >= 0.3 is 0 Å². The fourth-order valence-corrected chi connectivity index (χ4v) is 3.81. The first-order valence-electron chi connectivity index (χ1n) is 8.01. The number of piperidine rings is 1. The highest BCUT2D eigenvalue weighted by Gasteiger charge is 2.35. The summed E-state index contributed by atoms with van der Waals surface area (Å²) in [5.74, 6) is -2.54. The largest absolute Gasteiger partial charge is 0.342 e. The Morgan fingerprint density at radius 1 is 1.36 bits per heavy atom.